The Hall–Kier alpha value is -2.50. The molecule has 0 saturated heterocycles. The number of hydrogen-bond acceptors (Lipinski definition) is 4. The van der Waals surface area contributed by atoms with Gasteiger partial charge in [0, 0.05) is 0 Å². The first-order chi connectivity index (χ1) is 8.99. The SMILES string of the molecule is CC(C(=O)O)/C(=C/c1ccc2c(c1)OCO2)C(=O)O. The van der Waals surface area contributed by atoms with E-state index in [9.17, 15) is 9.59 Å². The lowest BCUT2D eigenvalue weighted by atomic mass is 9.98. The molecule has 0 aromatic heterocycles. The molecule has 0 fully saturated rings. The number of fused-ring (bicyclic) bond motifs is 1. The number of aliphatic carboxylic acids is 2. The number of carboxylic acids is 2. The van der Waals surface area contributed by atoms with Gasteiger partial charge >= 0.3 is 11.9 Å². The molecule has 1 heterocycles. The minimum Gasteiger partial charge on any atom is -0.481 e. The molecule has 1 aliphatic heterocycles. The van der Waals surface area contributed by atoms with Gasteiger partial charge in [-0.05, 0) is 30.7 Å². The number of benzene rings is 1. The smallest absolute Gasteiger partial charge is 0.332 e. The molecule has 6 heteroatoms. The van der Waals surface area contributed by atoms with Gasteiger partial charge in [-0.15, -0.1) is 0 Å². The highest BCUT2D eigenvalue weighted by molar-refractivity contribution is 5.98. The van der Waals surface area contributed by atoms with Gasteiger partial charge in [-0.3, -0.25) is 4.79 Å². The Morgan fingerprint density at radius 1 is 1.26 bits per heavy atom. The summed E-state index contributed by atoms with van der Waals surface area (Å²) in [6, 6.07) is 4.91. The van der Waals surface area contributed by atoms with Gasteiger partial charge in [-0.1, -0.05) is 6.07 Å². The van der Waals surface area contributed by atoms with E-state index in [1.54, 1.807) is 18.2 Å². The predicted octanol–water partition coefficient (Wildman–Crippen LogP) is 1.60. The summed E-state index contributed by atoms with van der Waals surface area (Å²) >= 11 is 0. The molecule has 0 aliphatic carbocycles. The second-order valence-electron chi connectivity index (χ2n) is 4.08. The maximum absolute atomic E-state index is 11.1. The van der Waals surface area contributed by atoms with Crippen molar-refractivity contribution in [2.45, 2.75) is 6.92 Å². The molecule has 19 heavy (non-hydrogen) atoms. The first kappa shape index (κ1) is 12.9. The Bertz CT molecular complexity index is 560. The average molecular weight is 264 g/mol. The van der Waals surface area contributed by atoms with E-state index >= 15 is 0 Å². The molecule has 1 aromatic carbocycles. The third-order valence-corrected chi connectivity index (χ3v) is 2.80. The molecule has 0 spiro atoms. The molecule has 6 nitrogen and oxygen atoms in total. The molecule has 0 saturated carbocycles. The molecule has 1 unspecified atom stereocenters. The van der Waals surface area contributed by atoms with E-state index in [0.717, 1.165) is 0 Å². The molecule has 100 valence electrons. The summed E-state index contributed by atoms with van der Waals surface area (Å²) < 4.78 is 10.3. The van der Waals surface area contributed by atoms with Gasteiger partial charge in [0.1, 0.15) is 0 Å². The zero-order chi connectivity index (χ0) is 14.0. The maximum Gasteiger partial charge on any atom is 0.332 e. The molecule has 1 aromatic rings. The average Bonchev–Trinajstić information content (AvgIpc) is 2.81. The Labute approximate surface area is 108 Å². The Morgan fingerprint density at radius 3 is 2.58 bits per heavy atom. The van der Waals surface area contributed by atoms with Crippen molar-refractivity contribution < 1.29 is 29.3 Å². The van der Waals surface area contributed by atoms with Crippen molar-refractivity contribution in [3.05, 3.63) is 29.3 Å². The van der Waals surface area contributed by atoms with Crippen LogP contribution in [0.1, 0.15) is 12.5 Å². The number of rotatable bonds is 4. The molecule has 2 N–H and O–H groups in total. The fourth-order valence-corrected chi connectivity index (χ4v) is 1.69. The topological polar surface area (TPSA) is 93.1 Å². The van der Waals surface area contributed by atoms with Crippen LogP contribution in [0.4, 0.5) is 0 Å². The van der Waals surface area contributed by atoms with Crippen LogP contribution < -0.4 is 9.47 Å². The molecule has 1 atom stereocenters. The van der Waals surface area contributed by atoms with Gasteiger partial charge < -0.3 is 19.7 Å². The monoisotopic (exact) mass is 264 g/mol. The molecule has 1 aliphatic rings. The largest absolute Gasteiger partial charge is 0.481 e. The van der Waals surface area contributed by atoms with E-state index < -0.39 is 17.9 Å². The predicted molar refractivity (Wildman–Crippen MR) is 65.0 cm³/mol. The van der Waals surface area contributed by atoms with Gasteiger partial charge in [-0.25, -0.2) is 4.79 Å². The Kier molecular flexibility index (Phi) is 3.41. The van der Waals surface area contributed by atoms with Crippen LogP contribution in [0.2, 0.25) is 0 Å². The van der Waals surface area contributed by atoms with Gasteiger partial charge in [0.2, 0.25) is 6.79 Å². The summed E-state index contributed by atoms with van der Waals surface area (Å²) in [5, 5.41) is 17.9. The zero-order valence-corrected chi connectivity index (χ0v) is 10.1. The van der Waals surface area contributed by atoms with Crippen LogP contribution in [0.5, 0.6) is 11.5 Å². The lowest BCUT2D eigenvalue weighted by Gasteiger charge is -2.07. The van der Waals surface area contributed by atoms with Crippen LogP contribution in [-0.2, 0) is 9.59 Å². The van der Waals surface area contributed by atoms with Gasteiger partial charge in [0.25, 0.3) is 0 Å². The lowest BCUT2D eigenvalue weighted by molar-refractivity contribution is -0.143. The molecular weight excluding hydrogens is 252 g/mol. The minimum absolute atomic E-state index is 0.125. The van der Waals surface area contributed by atoms with Gasteiger partial charge in [-0.2, -0.15) is 0 Å². The van der Waals surface area contributed by atoms with Crippen molar-refractivity contribution in [1.29, 1.82) is 0 Å². The summed E-state index contributed by atoms with van der Waals surface area (Å²) in [5.74, 6) is -2.44. The second-order valence-corrected chi connectivity index (χ2v) is 4.08. The fraction of sp³-hybridized carbons (Fsp3) is 0.231. The van der Waals surface area contributed by atoms with Crippen molar-refractivity contribution in [2.24, 2.45) is 5.92 Å². The summed E-state index contributed by atoms with van der Waals surface area (Å²) in [4.78, 5) is 22.0. The highest BCUT2D eigenvalue weighted by Crippen LogP contribution is 2.33. The van der Waals surface area contributed by atoms with Crippen LogP contribution in [-0.4, -0.2) is 28.9 Å². The summed E-state index contributed by atoms with van der Waals surface area (Å²) in [5.41, 5.74) is 0.362. The van der Waals surface area contributed by atoms with Crippen molar-refractivity contribution in [3.63, 3.8) is 0 Å². The van der Waals surface area contributed by atoms with E-state index in [0.29, 0.717) is 17.1 Å². The third kappa shape index (κ3) is 2.67. The van der Waals surface area contributed by atoms with Gasteiger partial charge in [0.05, 0.1) is 11.5 Å². The van der Waals surface area contributed by atoms with Crippen LogP contribution in [0.15, 0.2) is 23.8 Å². The molecule has 0 amide bonds. The number of carbonyl (C=O) groups is 2. The van der Waals surface area contributed by atoms with E-state index in [-0.39, 0.29) is 12.4 Å². The van der Waals surface area contributed by atoms with Crippen LogP contribution in [0, 0.1) is 5.92 Å². The van der Waals surface area contributed by atoms with Crippen LogP contribution in [0.25, 0.3) is 6.08 Å². The van der Waals surface area contributed by atoms with Crippen molar-refractivity contribution in [1.82, 2.24) is 0 Å². The first-order valence-electron chi connectivity index (χ1n) is 5.56. The third-order valence-electron chi connectivity index (χ3n) is 2.80. The van der Waals surface area contributed by atoms with E-state index in [1.807, 2.05) is 0 Å². The number of ether oxygens (including phenoxy) is 2. The normalized spacial score (nSPS) is 15.1. The maximum atomic E-state index is 11.1. The molecule has 0 bridgehead atoms. The Balaban J connectivity index is 2.36. The Morgan fingerprint density at radius 2 is 1.95 bits per heavy atom. The highest BCUT2D eigenvalue weighted by Gasteiger charge is 2.23. The fourth-order valence-electron chi connectivity index (χ4n) is 1.69. The quantitative estimate of drug-likeness (QED) is 0.802. The van der Waals surface area contributed by atoms with E-state index in [4.69, 9.17) is 19.7 Å². The minimum atomic E-state index is -1.26. The molecule has 0 radical (unpaired) electrons. The molecule has 2 rings (SSSR count). The van der Waals surface area contributed by atoms with Crippen LogP contribution in [0.3, 0.4) is 0 Å². The lowest BCUT2D eigenvalue weighted by Crippen LogP contribution is -2.18. The first-order valence-corrected chi connectivity index (χ1v) is 5.56. The summed E-state index contributed by atoms with van der Waals surface area (Å²) in [6.07, 6.45) is 1.32. The number of hydrogen-bond donors (Lipinski definition) is 2. The highest BCUT2D eigenvalue weighted by atomic mass is 16.7. The van der Waals surface area contributed by atoms with Crippen molar-refractivity contribution in [2.75, 3.05) is 6.79 Å². The zero-order valence-electron chi connectivity index (χ0n) is 10.1. The van der Waals surface area contributed by atoms with Crippen molar-refractivity contribution >= 4 is 18.0 Å². The summed E-state index contributed by atoms with van der Waals surface area (Å²) in [6.45, 7) is 1.45. The summed E-state index contributed by atoms with van der Waals surface area (Å²) in [7, 11) is 0. The number of carboxylic acid groups (broad SMARTS) is 2. The standard InChI is InChI=1S/C13H12O6/c1-7(12(14)15)9(13(16)17)4-8-2-3-10-11(5-8)19-6-18-10/h2-5,7H,6H2,1H3,(H,14,15)(H,16,17)/b9-4-. The second kappa shape index (κ2) is 5.01. The van der Waals surface area contributed by atoms with E-state index in [2.05, 4.69) is 0 Å². The van der Waals surface area contributed by atoms with Gasteiger partial charge in [0.15, 0.2) is 11.5 Å². The van der Waals surface area contributed by atoms with Crippen LogP contribution >= 0.6 is 0 Å². The van der Waals surface area contributed by atoms with Crippen molar-refractivity contribution in [3.8, 4) is 11.5 Å². The molecular formula is C13H12O6. The van der Waals surface area contributed by atoms with E-state index in [1.165, 1.54) is 13.0 Å².